The van der Waals surface area contributed by atoms with E-state index in [1.165, 1.54) is 11.1 Å². The Morgan fingerprint density at radius 2 is 1.93 bits per heavy atom. The summed E-state index contributed by atoms with van der Waals surface area (Å²) < 4.78 is 5.38. The fraction of sp³-hybridized carbons (Fsp3) is 0.682. The van der Waals surface area contributed by atoms with Crippen LogP contribution in [-0.2, 0) is 10.2 Å². The maximum atomic E-state index is 10.8. The van der Waals surface area contributed by atoms with Crippen molar-refractivity contribution in [3.63, 3.8) is 0 Å². The number of morpholine rings is 1. The van der Waals surface area contributed by atoms with Crippen LogP contribution in [0.3, 0.4) is 0 Å². The Labute approximate surface area is 170 Å². The first kappa shape index (κ1) is 22.7. The number of ether oxygens (including phenoxy) is 1. The van der Waals surface area contributed by atoms with Crippen molar-refractivity contribution in [1.82, 2.24) is 15.5 Å². The Kier molecular flexibility index (Phi) is 8.28. The van der Waals surface area contributed by atoms with E-state index in [-0.39, 0.29) is 5.41 Å². The van der Waals surface area contributed by atoms with Crippen LogP contribution in [0.15, 0.2) is 29.3 Å². The van der Waals surface area contributed by atoms with Crippen LogP contribution in [0.5, 0.6) is 0 Å². The quantitative estimate of drug-likeness (QED) is 0.467. The Morgan fingerprint density at radius 1 is 1.21 bits per heavy atom. The zero-order chi connectivity index (χ0) is 20.6. The summed E-state index contributed by atoms with van der Waals surface area (Å²) in [4.78, 5) is 6.89. The molecule has 1 atom stereocenters. The number of aryl methyl sites for hydroxylation is 1. The van der Waals surface area contributed by atoms with Crippen LogP contribution in [0.25, 0.3) is 0 Å². The standard InChI is InChI=1S/C22H38N4O2/c1-6-23-20(24-15-21(3,4)19-9-7-8-18(2)14-19)25-16-22(5,27)17-26-10-12-28-13-11-26/h7-9,14,27H,6,10-13,15-17H2,1-5H3,(H2,23,24,25). The van der Waals surface area contributed by atoms with Gasteiger partial charge in [0.15, 0.2) is 5.96 Å². The highest BCUT2D eigenvalue weighted by atomic mass is 16.5. The fourth-order valence-electron chi connectivity index (χ4n) is 3.35. The molecule has 2 rings (SSSR count). The van der Waals surface area contributed by atoms with Gasteiger partial charge in [-0.1, -0.05) is 43.7 Å². The van der Waals surface area contributed by atoms with Gasteiger partial charge in [0.05, 0.1) is 25.4 Å². The molecule has 1 unspecified atom stereocenters. The molecule has 1 saturated heterocycles. The molecule has 0 bridgehead atoms. The minimum absolute atomic E-state index is 0.0292. The zero-order valence-corrected chi connectivity index (χ0v) is 18.2. The lowest BCUT2D eigenvalue weighted by Crippen LogP contribution is -2.48. The van der Waals surface area contributed by atoms with Gasteiger partial charge in [-0.15, -0.1) is 0 Å². The molecule has 1 aliphatic rings. The Balaban J connectivity index is 1.95. The summed E-state index contributed by atoms with van der Waals surface area (Å²) in [7, 11) is 0. The highest BCUT2D eigenvalue weighted by molar-refractivity contribution is 5.79. The average molecular weight is 391 g/mol. The monoisotopic (exact) mass is 390 g/mol. The molecule has 0 amide bonds. The van der Waals surface area contributed by atoms with Crippen LogP contribution in [0.2, 0.25) is 0 Å². The number of hydrogen-bond donors (Lipinski definition) is 3. The van der Waals surface area contributed by atoms with E-state index in [1.54, 1.807) is 0 Å². The van der Waals surface area contributed by atoms with Crippen molar-refractivity contribution < 1.29 is 9.84 Å². The van der Waals surface area contributed by atoms with Crippen molar-refractivity contribution in [1.29, 1.82) is 0 Å². The summed E-state index contributed by atoms with van der Waals surface area (Å²) in [6.07, 6.45) is 0. The first-order valence-electron chi connectivity index (χ1n) is 10.3. The van der Waals surface area contributed by atoms with Gasteiger partial charge in [-0.05, 0) is 26.3 Å². The van der Waals surface area contributed by atoms with E-state index < -0.39 is 5.60 Å². The van der Waals surface area contributed by atoms with Crippen LogP contribution in [0.4, 0.5) is 0 Å². The molecule has 0 aliphatic carbocycles. The van der Waals surface area contributed by atoms with Gasteiger partial charge in [0.25, 0.3) is 0 Å². The summed E-state index contributed by atoms with van der Waals surface area (Å²) in [6, 6.07) is 8.63. The molecule has 0 aromatic heterocycles. The SMILES string of the molecule is CCNC(=NCC(C)(O)CN1CCOCC1)NCC(C)(C)c1cccc(C)c1. The molecule has 6 nitrogen and oxygen atoms in total. The lowest BCUT2D eigenvalue weighted by atomic mass is 9.84. The minimum Gasteiger partial charge on any atom is -0.387 e. The molecule has 1 aromatic rings. The molecule has 3 N–H and O–H groups in total. The Morgan fingerprint density at radius 3 is 2.57 bits per heavy atom. The van der Waals surface area contributed by atoms with Crippen LogP contribution >= 0.6 is 0 Å². The van der Waals surface area contributed by atoms with Gasteiger partial charge in [-0.3, -0.25) is 9.89 Å². The number of benzene rings is 1. The van der Waals surface area contributed by atoms with Crippen molar-refractivity contribution in [3.8, 4) is 0 Å². The minimum atomic E-state index is -0.869. The molecule has 1 aliphatic heterocycles. The third-order valence-corrected chi connectivity index (χ3v) is 5.09. The average Bonchev–Trinajstić information content (AvgIpc) is 2.64. The molecule has 158 valence electrons. The zero-order valence-electron chi connectivity index (χ0n) is 18.2. The van der Waals surface area contributed by atoms with E-state index in [9.17, 15) is 5.11 Å². The molecule has 0 radical (unpaired) electrons. The van der Waals surface area contributed by atoms with E-state index in [2.05, 4.69) is 72.5 Å². The summed E-state index contributed by atoms with van der Waals surface area (Å²) >= 11 is 0. The molecule has 0 saturated carbocycles. The van der Waals surface area contributed by atoms with Gasteiger partial charge in [0.1, 0.15) is 0 Å². The van der Waals surface area contributed by atoms with Crippen LogP contribution in [-0.4, -0.2) is 74.0 Å². The van der Waals surface area contributed by atoms with Crippen molar-refractivity contribution in [2.24, 2.45) is 4.99 Å². The Hall–Kier alpha value is -1.63. The van der Waals surface area contributed by atoms with Gasteiger partial charge in [0, 0.05) is 38.1 Å². The van der Waals surface area contributed by atoms with Crippen LogP contribution < -0.4 is 10.6 Å². The molecule has 1 heterocycles. The summed E-state index contributed by atoms with van der Waals surface area (Å²) in [5.41, 5.74) is 1.67. The van der Waals surface area contributed by atoms with Crippen molar-refractivity contribution in [2.75, 3.05) is 52.5 Å². The summed E-state index contributed by atoms with van der Waals surface area (Å²) in [6.45, 7) is 16.2. The number of hydrogen-bond acceptors (Lipinski definition) is 4. The highest BCUT2D eigenvalue weighted by Gasteiger charge is 2.26. The fourth-order valence-corrected chi connectivity index (χ4v) is 3.35. The number of aliphatic imine (C=N–C) groups is 1. The molecule has 6 heteroatoms. The second kappa shape index (κ2) is 10.2. The summed E-state index contributed by atoms with van der Waals surface area (Å²) in [5.74, 6) is 0.741. The topological polar surface area (TPSA) is 69.1 Å². The molecular formula is C22H38N4O2. The van der Waals surface area contributed by atoms with E-state index in [0.29, 0.717) is 13.1 Å². The van der Waals surface area contributed by atoms with Gasteiger partial charge >= 0.3 is 0 Å². The largest absolute Gasteiger partial charge is 0.387 e. The lowest BCUT2D eigenvalue weighted by molar-refractivity contribution is -0.0179. The van der Waals surface area contributed by atoms with Gasteiger partial charge in [-0.25, -0.2) is 0 Å². The van der Waals surface area contributed by atoms with Crippen molar-refractivity contribution in [2.45, 2.75) is 45.6 Å². The van der Waals surface area contributed by atoms with Gasteiger partial charge < -0.3 is 20.5 Å². The molecule has 1 fully saturated rings. The molecule has 0 spiro atoms. The molecular weight excluding hydrogens is 352 g/mol. The van der Waals surface area contributed by atoms with Crippen molar-refractivity contribution in [3.05, 3.63) is 35.4 Å². The van der Waals surface area contributed by atoms with E-state index >= 15 is 0 Å². The number of aliphatic hydroxyl groups is 1. The van der Waals surface area contributed by atoms with E-state index in [4.69, 9.17) is 4.74 Å². The second-order valence-electron chi connectivity index (χ2n) is 8.69. The summed E-state index contributed by atoms with van der Waals surface area (Å²) in [5, 5.41) is 17.5. The highest BCUT2D eigenvalue weighted by Crippen LogP contribution is 2.23. The molecule has 1 aromatic carbocycles. The normalized spacial score (nSPS) is 18.6. The smallest absolute Gasteiger partial charge is 0.191 e. The number of rotatable bonds is 8. The third-order valence-electron chi connectivity index (χ3n) is 5.09. The van der Waals surface area contributed by atoms with Crippen LogP contribution in [0, 0.1) is 6.92 Å². The maximum absolute atomic E-state index is 10.8. The number of guanidine groups is 1. The molecule has 28 heavy (non-hydrogen) atoms. The second-order valence-corrected chi connectivity index (χ2v) is 8.69. The predicted octanol–water partition coefficient (Wildman–Crippen LogP) is 1.91. The van der Waals surface area contributed by atoms with E-state index in [0.717, 1.165) is 45.4 Å². The van der Waals surface area contributed by atoms with Gasteiger partial charge in [0.2, 0.25) is 0 Å². The first-order chi connectivity index (χ1) is 13.2. The lowest BCUT2D eigenvalue weighted by Gasteiger charge is -2.33. The number of nitrogens with one attached hydrogen (secondary N) is 2. The first-order valence-corrected chi connectivity index (χ1v) is 10.3. The third kappa shape index (κ3) is 7.41. The van der Waals surface area contributed by atoms with E-state index in [1.807, 2.05) is 6.92 Å². The van der Waals surface area contributed by atoms with Crippen molar-refractivity contribution >= 4 is 5.96 Å². The maximum Gasteiger partial charge on any atom is 0.191 e. The number of nitrogens with zero attached hydrogens (tertiary/aromatic N) is 2. The number of β-amino-alcohol motifs (C(OH)–C–C–N with tert-alkyl or cyclic N) is 1. The van der Waals surface area contributed by atoms with Gasteiger partial charge in [-0.2, -0.15) is 0 Å². The van der Waals surface area contributed by atoms with Crippen LogP contribution in [0.1, 0.15) is 38.8 Å². The predicted molar refractivity (Wildman–Crippen MR) is 116 cm³/mol. The Bertz CT molecular complexity index is 637.